The highest BCUT2D eigenvalue weighted by atomic mass is 32.2. The molecule has 0 bridgehead atoms. The van der Waals surface area contributed by atoms with Gasteiger partial charge in [0.25, 0.3) is 0 Å². The lowest BCUT2D eigenvalue weighted by atomic mass is 10.3. The van der Waals surface area contributed by atoms with Crippen LogP contribution in [0.2, 0.25) is 0 Å². The highest BCUT2D eigenvalue weighted by Gasteiger charge is 2.22. The van der Waals surface area contributed by atoms with E-state index in [0.29, 0.717) is 11.8 Å². The van der Waals surface area contributed by atoms with Crippen molar-refractivity contribution in [3.8, 4) is 0 Å². The Kier molecular flexibility index (Phi) is 4.59. The minimum atomic E-state index is 0.178. The van der Waals surface area contributed by atoms with Gasteiger partial charge in [0.15, 0.2) is 0 Å². The van der Waals surface area contributed by atoms with Crippen LogP contribution < -0.4 is 11.1 Å². The standard InChI is InChI=1S/C9H18N2OS/c1-7(10)4-5-13-6-9(12)11-8-2-3-8/h7-8H,2-6,10H2,1H3,(H,11,12). The molecule has 76 valence electrons. The van der Waals surface area contributed by atoms with Crippen molar-refractivity contribution in [2.75, 3.05) is 11.5 Å². The van der Waals surface area contributed by atoms with Gasteiger partial charge in [-0.25, -0.2) is 0 Å². The van der Waals surface area contributed by atoms with Gasteiger partial charge < -0.3 is 11.1 Å². The van der Waals surface area contributed by atoms with Gasteiger partial charge in [0.2, 0.25) is 5.91 Å². The van der Waals surface area contributed by atoms with Crippen LogP contribution in [-0.4, -0.2) is 29.5 Å². The van der Waals surface area contributed by atoms with E-state index in [-0.39, 0.29) is 11.9 Å². The van der Waals surface area contributed by atoms with E-state index >= 15 is 0 Å². The quantitative estimate of drug-likeness (QED) is 0.625. The number of nitrogens with two attached hydrogens (primary N) is 1. The second-order valence-electron chi connectivity index (χ2n) is 3.66. The van der Waals surface area contributed by atoms with Crippen molar-refractivity contribution in [1.82, 2.24) is 5.32 Å². The highest BCUT2D eigenvalue weighted by Crippen LogP contribution is 2.18. The molecule has 0 aromatic heterocycles. The molecule has 3 N–H and O–H groups in total. The summed E-state index contributed by atoms with van der Waals surface area (Å²) in [5.74, 6) is 1.75. The van der Waals surface area contributed by atoms with E-state index in [2.05, 4.69) is 5.32 Å². The Hall–Kier alpha value is -0.220. The second kappa shape index (κ2) is 5.50. The van der Waals surface area contributed by atoms with Gasteiger partial charge in [-0.2, -0.15) is 11.8 Å². The Morgan fingerprint density at radius 3 is 2.92 bits per heavy atom. The van der Waals surface area contributed by atoms with Gasteiger partial charge in [0, 0.05) is 12.1 Å². The van der Waals surface area contributed by atoms with E-state index in [1.54, 1.807) is 11.8 Å². The Balaban J connectivity index is 1.89. The molecule has 0 aromatic rings. The van der Waals surface area contributed by atoms with Crippen molar-refractivity contribution in [3.63, 3.8) is 0 Å². The van der Waals surface area contributed by atoms with Gasteiger partial charge in [0.05, 0.1) is 5.75 Å². The van der Waals surface area contributed by atoms with Crippen molar-refractivity contribution in [2.24, 2.45) is 5.73 Å². The molecule has 1 atom stereocenters. The van der Waals surface area contributed by atoms with Crippen molar-refractivity contribution in [2.45, 2.75) is 38.3 Å². The first kappa shape index (κ1) is 10.9. The fourth-order valence-corrected chi connectivity index (χ4v) is 1.88. The largest absolute Gasteiger partial charge is 0.353 e. The van der Waals surface area contributed by atoms with Gasteiger partial charge in [0.1, 0.15) is 0 Å². The summed E-state index contributed by atoms with van der Waals surface area (Å²) in [5.41, 5.74) is 5.59. The van der Waals surface area contributed by atoms with Crippen LogP contribution in [-0.2, 0) is 4.79 Å². The molecule has 13 heavy (non-hydrogen) atoms. The summed E-state index contributed by atoms with van der Waals surface area (Å²) in [4.78, 5) is 11.2. The lowest BCUT2D eigenvalue weighted by Crippen LogP contribution is -2.27. The van der Waals surface area contributed by atoms with E-state index < -0.39 is 0 Å². The van der Waals surface area contributed by atoms with Gasteiger partial charge in [-0.05, 0) is 31.9 Å². The summed E-state index contributed by atoms with van der Waals surface area (Å²) < 4.78 is 0. The Bertz CT molecular complexity index is 169. The third-order valence-electron chi connectivity index (χ3n) is 1.89. The highest BCUT2D eigenvalue weighted by molar-refractivity contribution is 7.99. The van der Waals surface area contributed by atoms with E-state index in [4.69, 9.17) is 5.73 Å². The average Bonchev–Trinajstić information content (AvgIpc) is 2.81. The maximum absolute atomic E-state index is 11.2. The molecule has 0 heterocycles. The molecule has 0 spiro atoms. The Morgan fingerprint density at radius 2 is 2.38 bits per heavy atom. The fourth-order valence-electron chi connectivity index (χ4n) is 0.931. The van der Waals surface area contributed by atoms with Crippen LogP contribution in [0.4, 0.5) is 0 Å². The number of nitrogens with one attached hydrogen (secondary N) is 1. The molecule has 0 radical (unpaired) electrons. The van der Waals surface area contributed by atoms with Gasteiger partial charge in [-0.15, -0.1) is 0 Å². The summed E-state index contributed by atoms with van der Waals surface area (Å²) in [7, 11) is 0. The maximum Gasteiger partial charge on any atom is 0.230 e. The minimum absolute atomic E-state index is 0.178. The van der Waals surface area contributed by atoms with E-state index in [1.165, 1.54) is 0 Å². The van der Waals surface area contributed by atoms with E-state index in [0.717, 1.165) is 25.0 Å². The third-order valence-corrected chi connectivity index (χ3v) is 2.88. The smallest absolute Gasteiger partial charge is 0.230 e. The topological polar surface area (TPSA) is 55.1 Å². The summed E-state index contributed by atoms with van der Waals surface area (Å²) in [6.45, 7) is 1.99. The van der Waals surface area contributed by atoms with Gasteiger partial charge >= 0.3 is 0 Å². The first-order valence-corrected chi connectivity index (χ1v) is 5.96. The number of carbonyl (C=O) groups is 1. The molecule has 1 fully saturated rings. The van der Waals surface area contributed by atoms with Crippen molar-refractivity contribution < 1.29 is 4.79 Å². The Labute approximate surface area is 83.8 Å². The SMILES string of the molecule is CC(N)CCSCC(=O)NC1CC1. The third kappa shape index (κ3) is 5.93. The molecule has 1 saturated carbocycles. The lowest BCUT2D eigenvalue weighted by molar-refractivity contribution is -0.118. The Morgan fingerprint density at radius 1 is 1.69 bits per heavy atom. The van der Waals surface area contributed by atoms with Crippen LogP contribution in [0, 0.1) is 0 Å². The predicted octanol–water partition coefficient (Wildman–Crippen LogP) is 0.735. The molecular weight excluding hydrogens is 184 g/mol. The molecular formula is C9H18N2OS. The van der Waals surface area contributed by atoms with E-state index in [9.17, 15) is 4.79 Å². The molecule has 0 aliphatic heterocycles. The summed E-state index contributed by atoms with van der Waals surface area (Å²) in [6, 6.07) is 0.737. The first-order chi connectivity index (χ1) is 6.18. The molecule has 1 rings (SSSR count). The number of rotatable bonds is 6. The number of hydrogen-bond acceptors (Lipinski definition) is 3. The number of carbonyl (C=O) groups excluding carboxylic acids is 1. The average molecular weight is 202 g/mol. The summed E-state index contributed by atoms with van der Waals surface area (Å²) in [5, 5.41) is 2.95. The van der Waals surface area contributed by atoms with Crippen LogP contribution >= 0.6 is 11.8 Å². The molecule has 4 heteroatoms. The minimum Gasteiger partial charge on any atom is -0.353 e. The van der Waals surface area contributed by atoms with Crippen LogP contribution in [0.3, 0.4) is 0 Å². The van der Waals surface area contributed by atoms with Gasteiger partial charge in [-0.1, -0.05) is 0 Å². The van der Waals surface area contributed by atoms with Crippen LogP contribution in [0.25, 0.3) is 0 Å². The van der Waals surface area contributed by atoms with Crippen LogP contribution in [0.15, 0.2) is 0 Å². The summed E-state index contributed by atoms with van der Waals surface area (Å²) >= 11 is 1.67. The number of hydrogen-bond donors (Lipinski definition) is 2. The monoisotopic (exact) mass is 202 g/mol. The maximum atomic E-state index is 11.2. The van der Waals surface area contributed by atoms with Crippen molar-refractivity contribution in [1.29, 1.82) is 0 Å². The predicted molar refractivity (Wildman–Crippen MR) is 56.8 cm³/mol. The fraction of sp³-hybridized carbons (Fsp3) is 0.889. The number of amides is 1. The molecule has 3 nitrogen and oxygen atoms in total. The van der Waals surface area contributed by atoms with E-state index in [1.807, 2.05) is 6.92 Å². The normalized spacial score (nSPS) is 18.3. The molecule has 0 aromatic carbocycles. The van der Waals surface area contributed by atoms with Crippen LogP contribution in [0.1, 0.15) is 26.2 Å². The lowest BCUT2D eigenvalue weighted by Gasteiger charge is -2.04. The van der Waals surface area contributed by atoms with Crippen molar-refractivity contribution in [3.05, 3.63) is 0 Å². The molecule has 1 amide bonds. The van der Waals surface area contributed by atoms with Gasteiger partial charge in [-0.3, -0.25) is 4.79 Å². The second-order valence-corrected chi connectivity index (χ2v) is 4.77. The molecule has 1 unspecified atom stereocenters. The van der Waals surface area contributed by atoms with Crippen molar-refractivity contribution >= 4 is 17.7 Å². The zero-order valence-electron chi connectivity index (χ0n) is 8.08. The number of thioether (sulfide) groups is 1. The zero-order valence-corrected chi connectivity index (χ0v) is 8.90. The molecule has 1 aliphatic rings. The first-order valence-electron chi connectivity index (χ1n) is 4.81. The molecule has 0 saturated heterocycles. The zero-order chi connectivity index (χ0) is 9.68. The summed E-state index contributed by atoms with van der Waals surface area (Å²) in [6.07, 6.45) is 3.31. The van der Waals surface area contributed by atoms with Crippen LogP contribution in [0.5, 0.6) is 0 Å². The molecule has 1 aliphatic carbocycles.